The zero-order valence-electron chi connectivity index (χ0n) is 13.6. The lowest BCUT2D eigenvalue weighted by Crippen LogP contribution is -2.31. The molecule has 23 heavy (non-hydrogen) atoms. The molecule has 3 rings (SSSR count). The molecule has 0 radical (unpaired) electrons. The highest BCUT2D eigenvalue weighted by Gasteiger charge is 2.14. The van der Waals surface area contributed by atoms with Crippen LogP contribution in [0.3, 0.4) is 0 Å². The molecule has 2 aromatic heterocycles. The summed E-state index contributed by atoms with van der Waals surface area (Å²) in [6.45, 7) is 5.92. The van der Waals surface area contributed by atoms with Crippen LogP contribution in [0.15, 0.2) is 23.4 Å². The van der Waals surface area contributed by atoms with E-state index in [1.807, 2.05) is 25.5 Å². The second kappa shape index (κ2) is 6.16. The number of aryl methyl sites for hydroxylation is 2. The molecule has 6 nitrogen and oxygen atoms in total. The summed E-state index contributed by atoms with van der Waals surface area (Å²) in [5.74, 6) is 0.260. The monoisotopic (exact) mass is 329 g/mol. The molecule has 0 aliphatic rings. The Morgan fingerprint density at radius 2 is 2.13 bits per heavy atom. The fourth-order valence-corrected chi connectivity index (χ4v) is 3.11. The smallest absolute Gasteiger partial charge is 0.230 e. The van der Waals surface area contributed by atoms with Gasteiger partial charge in [-0.1, -0.05) is 23.4 Å². The van der Waals surface area contributed by atoms with Crippen LogP contribution in [0.4, 0.5) is 0 Å². The summed E-state index contributed by atoms with van der Waals surface area (Å²) in [5.41, 5.74) is 3.83. The first-order valence-electron chi connectivity index (χ1n) is 7.47. The Morgan fingerprint density at radius 1 is 1.35 bits per heavy atom. The highest BCUT2D eigenvalue weighted by molar-refractivity contribution is 7.99. The number of fused-ring (bicyclic) bond motifs is 3. The van der Waals surface area contributed by atoms with Crippen molar-refractivity contribution in [3.05, 3.63) is 23.8 Å². The average molecular weight is 329 g/mol. The van der Waals surface area contributed by atoms with Crippen LogP contribution in [0.1, 0.15) is 19.4 Å². The molecule has 3 aromatic rings. The van der Waals surface area contributed by atoms with E-state index in [0.29, 0.717) is 5.16 Å². The van der Waals surface area contributed by atoms with Gasteiger partial charge in [0.1, 0.15) is 5.52 Å². The topological polar surface area (TPSA) is 72.7 Å². The van der Waals surface area contributed by atoms with Gasteiger partial charge in [-0.25, -0.2) is 4.98 Å². The van der Waals surface area contributed by atoms with Gasteiger partial charge in [0.05, 0.1) is 11.3 Å². The van der Waals surface area contributed by atoms with Crippen LogP contribution < -0.4 is 5.32 Å². The van der Waals surface area contributed by atoms with E-state index in [1.54, 1.807) is 0 Å². The van der Waals surface area contributed by atoms with Crippen molar-refractivity contribution in [2.75, 3.05) is 5.75 Å². The standard InChI is InChI=1S/C16H19N5OS/c1-9(2)17-13(22)8-23-16-18-15-14(19-20-16)11-7-10(3)5-6-12(11)21(15)4/h5-7,9H,8H2,1-4H3,(H,17,22). The summed E-state index contributed by atoms with van der Waals surface area (Å²) in [5, 5.41) is 12.9. The number of amides is 1. The Labute approximate surface area is 138 Å². The lowest BCUT2D eigenvalue weighted by Gasteiger charge is -2.07. The van der Waals surface area contributed by atoms with Crippen molar-refractivity contribution in [3.63, 3.8) is 0 Å². The van der Waals surface area contributed by atoms with Gasteiger partial charge in [-0.3, -0.25) is 4.79 Å². The van der Waals surface area contributed by atoms with E-state index in [9.17, 15) is 4.79 Å². The number of hydrogen-bond acceptors (Lipinski definition) is 5. The van der Waals surface area contributed by atoms with Crippen molar-refractivity contribution in [3.8, 4) is 0 Å². The predicted octanol–water partition coefficient (Wildman–Crippen LogP) is 2.44. The molecule has 0 saturated heterocycles. The SMILES string of the molecule is Cc1ccc2c(c1)c1nnc(SCC(=O)NC(C)C)nc1n2C. The van der Waals surface area contributed by atoms with Gasteiger partial charge in [0, 0.05) is 18.5 Å². The number of carbonyl (C=O) groups is 1. The molecule has 0 atom stereocenters. The number of carbonyl (C=O) groups excluding carboxylic acids is 1. The Morgan fingerprint density at radius 3 is 2.87 bits per heavy atom. The quantitative estimate of drug-likeness (QED) is 0.744. The Balaban J connectivity index is 1.91. The minimum absolute atomic E-state index is 0.0265. The van der Waals surface area contributed by atoms with Crippen LogP contribution in [0.25, 0.3) is 22.1 Å². The molecule has 1 N–H and O–H groups in total. The van der Waals surface area contributed by atoms with Gasteiger partial charge in [0.2, 0.25) is 11.1 Å². The maximum absolute atomic E-state index is 11.7. The normalized spacial score (nSPS) is 11.5. The summed E-state index contributed by atoms with van der Waals surface area (Å²) >= 11 is 1.30. The molecule has 0 saturated carbocycles. The zero-order chi connectivity index (χ0) is 16.6. The average Bonchev–Trinajstić information content (AvgIpc) is 2.77. The van der Waals surface area contributed by atoms with Gasteiger partial charge < -0.3 is 9.88 Å². The molecule has 0 unspecified atom stereocenters. The van der Waals surface area contributed by atoms with Gasteiger partial charge in [0.25, 0.3) is 0 Å². The molecular weight excluding hydrogens is 310 g/mol. The first-order valence-corrected chi connectivity index (χ1v) is 8.46. The number of nitrogens with zero attached hydrogens (tertiary/aromatic N) is 4. The van der Waals surface area contributed by atoms with Gasteiger partial charge >= 0.3 is 0 Å². The van der Waals surface area contributed by atoms with Crippen LogP contribution in [-0.2, 0) is 11.8 Å². The van der Waals surface area contributed by atoms with Crippen molar-refractivity contribution in [1.82, 2.24) is 25.1 Å². The Kier molecular flexibility index (Phi) is 4.21. The van der Waals surface area contributed by atoms with E-state index in [-0.39, 0.29) is 17.7 Å². The molecule has 0 aliphatic carbocycles. The molecule has 1 amide bonds. The maximum atomic E-state index is 11.7. The molecular formula is C16H19N5OS. The van der Waals surface area contributed by atoms with E-state index < -0.39 is 0 Å². The minimum Gasteiger partial charge on any atom is -0.353 e. The Hall–Kier alpha value is -2.15. The van der Waals surface area contributed by atoms with Crippen molar-refractivity contribution in [2.45, 2.75) is 32.0 Å². The fraction of sp³-hybridized carbons (Fsp3) is 0.375. The van der Waals surface area contributed by atoms with Crippen LogP contribution in [0, 0.1) is 6.92 Å². The number of thioether (sulfide) groups is 1. The summed E-state index contributed by atoms with van der Waals surface area (Å²) < 4.78 is 2.01. The lowest BCUT2D eigenvalue weighted by molar-refractivity contribution is -0.119. The van der Waals surface area contributed by atoms with Crippen molar-refractivity contribution < 1.29 is 4.79 Å². The molecule has 2 heterocycles. The summed E-state index contributed by atoms with van der Waals surface area (Å²) in [6, 6.07) is 6.36. The largest absolute Gasteiger partial charge is 0.353 e. The zero-order valence-corrected chi connectivity index (χ0v) is 14.4. The number of nitrogens with one attached hydrogen (secondary N) is 1. The van der Waals surface area contributed by atoms with Gasteiger partial charge in [0.15, 0.2) is 5.65 Å². The third-order valence-electron chi connectivity index (χ3n) is 3.52. The van der Waals surface area contributed by atoms with Crippen molar-refractivity contribution in [1.29, 1.82) is 0 Å². The van der Waals surface area contributed by atoms with E-state index in [2.05, 4.69) is 45.6 Å². The van der Waals surface area contributed by atoms with Crippen LogP contribution in [0.5, 0.6) is 0 Å². The number of aromatic nitrogens is 4. The molecule has 0 aliphatic heterocycles. The Bertz CT molecular complexity index is 887. The molecule has 120 valence electrons. The van der Waals surface area contributed by atoms with Crippen LogP contribution in [-0.4, -0.2) is 37.5 Å². The van der Waals surface area contributed by atoms with Crippen molar-refractivity contribution in [2.24, 2.45) is 7.05 Å². The minimum atomic E-state index is -0.0265. The summed E-state index contributed by atoms with van der Waals surface area (Å²) in [4.78, 5) is 16.3. The highest BCUT2D eigenvalue weighted by Crippen LogP contribution is 2.26. The third-order valence-corrected chi connectivity index (χ3v) is 4.35. The second-order valence-electron chi connectivity index (χ2n) is 5.86. The first kappa shape index (κ1) is 15.7. The maximum Gasteiger partial charge on any atom is 0.230 e. The summed E-state index contributed by atoms with van der Waals surface area (Å²) in [6.07, 6.45) is 0. The van der Waals surface area contributed by atoms with Gasteiger partial charge in [-0.05, 0) is 32.9 Å². The van der Waals surface area contributed by atoms with E-state index in [1.165, 1.54) is 17.3 Å². The van der Waals surface area contributed by atoms with E-state index >= 15 is 0 Å². The molecule has 0 spiro atoms. The first-order chi connectivity index (χ1) is 11.0. The van der Waals surface area contributed by atoms with E-state index in [0.717, 1.165) is 22.1 Å². The second-order valence-corrected chi connectivity index (χ2v) is 6.80. The fourth-order valence-electron chi connectivity index (χ4n) is 2.51. The lowest BCUT2D eigenvalue weighted by atomic mass is 10.2. The molecule has 7 heteroatoms. The van der Waals surface area contributed by atoms with Gasteiger partial charge in [-0.2, -0.15) is 0 Å². The molecule has 0 bridgehead atoms. The highest BCUT2D eigenvalue weighted by atomic mass is 32.2. The third kappa shape index (κ3) is 3.14. The number of benzene rings is 1. The summed E-state index contributed by atoms with van der Waals surface area (Å²) in [7, 11) is 1.97. The predicted molar refractivity (Wildman–Crippen MR) is 92.5 cm³/mol. The number of rotatable bonds is 4. The van der Waals surface area contributed by atoms with Gasteiger partial charge in [-0.15, -0.1) is 10.2 Å². The van der Waals surface area contributed by atoms with E-state index in [4.69, 9.17) is 0 Å². The van der Waals surface area contributed by atoms with Crippen LogP contribution >= 0.6 is 11.8 Å². The van der Waals surface area contributed by atoms with Crippen molar-refractivity contribution >= 4 is 39.7 Å². The van der Waals surface area contributed by atoms with Crippen LogP contribution in [0.2, 0.25) is 0 Å². The molecule has 0 fully saturated rings. The molecule has 1 aromatic carbocycles. The number of hydrogen-bond donors (Lipinski definition) is 1.